The highest BCUT2D eigenvalue weighted by Gasteiger charge is 2.23. The first-order valence-electron chi connectivity index (χ1n) is 7.61. The lowest BCUT2D eigenvalue weighted by molar-refractivity contribution is -0.139. The second-order valence-electron chi connectivity index (χ2n) is 5.58. The van der Waals surface area contributed by atoms with E-state index in [1.54, 1.807) is 11.3 Å². The standard InChI is InChI=1S/C16H20N2O3S/c1-12-5-2-3-7-18(12)16(19)11-20-10-13-9-14(21-17-13)15-6-4-8-22-15/h4,6,8-9,12H,2-3,5,7,10-11H2,1H3/t12-/m1/s1. The highest BCUT2D eigenvalue weighted by Crippen LogP contribution is 2.25. The maximum absolute atomic E-state index is 12.1. The van der Waals surface area contributed by atoms with Crippen LogP contribution in [0.4, 0.5) is 0 Å². The van der Waals surface area contributed by atoms with E-state index < -0.39 is 0 Å². The molecule has 0 aromatic carbocycles. The largest absolute Gasteiger partial charge is 0.365 e. The molecule has 1 fully saturated rings. The molecular weight excluding hydrogens is 300 g/mol. The summed E-state index contributed by atoms with van der Waals surface area (Å²) in [5.41, 5.74) is 0.711. The number of rotatable bonds is 5. The van der Waals surface area contributed by atoms with Crippen LogP contribution in [0.2, 0.25) is 0 Å². The zero-order valence-electron chi connectivity index (χ0n) is 12.7. The molecule has 0 spiro atoms. The minimum Gasteiger partial charge on any atom is -0.365 e. The quantitative estimate of drug-likeness (QED) is 0.848. The zero-order valence-corrected chi connectivity index (χ0v) is 13.5. The molecule has 6 heteroatoms. The Morgan fingerprint density at radius 3 is 3.23 bits per heavy atom. The molecule has 0 radical (unpaired) electrons. The van der Waals surface area contributed by atoms with Gasteiger partial charge in [-0.2, -0.15) is 0 Å². The van der Waals surface area contributed by atoms with Gasteiger partial charge >= 0.3 is 0 Å². The van der Waals surface area contributed by atoms with Crippen LogP contribution in [0.5, 0.6) is 0 Å². The molecule has 0 unspecified atom stereocenters. The van der Waals surface area contributed by atoms with E-state index in [9.17, 15) is 4.79 Å². The van der Waals surface area contributed by atoms with Gasteiger partial charge in [0.05, 0.1) is 11.5 Å². The molecule has 1 atom stereocenters. The topological polar surface area (TPSA) is 55.6 Å². The third-order valence-electron chi connectivity index (χ3n) is 3.92. The van der Waals surface area contributed by atoms with E-state index in [1.165, 1.54) is 6.42 Å². The Labute approximate surface area is 133 Å². The van der Waals surface area contributed by atoms with Crippen molar-refractivity contribution >= 4 is 17.2 Å². The highest BCUT2D eigenvalue weighted by atomic mass is 32.1. The lowest BCUT2D eigenvalue weighted by Gasteiger charge is -2.33. The van der Waals surface area contributed by atoms with Crippen molar-refractivity contribution in [2.24, 2.45) is 0 Å². The third-order valence-corrected chi connectivity index (χ3v) is 4.81. The molecule has 2 aromatic heterocycles. The van der Waals surface area contributed by atoms with Crippen molar-refractivity contribution in [2.75, 3.05) is 13.2 Å². The Balaban J connectivity index is 1.48. The van der Waals surface area contributed by atoms with Crippen LogP contribution in [0, 0.1) is 0 Å². The minimum atomic E-state index is 0.0641. The average Bonchev–Trinajstić information content (AvgIpc) is 3.18. The van der Waals surface area contributed by atoms with Gasteiger partial charge in [-0.25, -0.2) is 0 Å². The van der Waals surface area contributed by atoms with Crippen molar-refractivity contribution in [1.29, 1.82) is 0 Å². The van der Waals surface area contributed by atoms with Crippen LogP contribution >= 0.6 is 11.3 Å². The van der Waals surface area contributed by atoms with E-state index >= 15 is 0 Å². The summed E-state index contributed by atoms with van der Waals surface area (Å²) >= 11 is 1.60. The number of hydrogen-bond acceptors (Lipinski definition) is 5. The smallest absolute Gasteiger partial charge is 0.248 e. The summed E-state index contributed by atoms with van der Waals surface area (Å²) in [7, 11) is 0. The second kappa shape index (κ2) is 7.07. The molecule has 0 bridgehead atoms. The lowest BCUT2D eigenvalue weighted by atomic mass is 10.0. The number of hydrogen-bond donors (Lipinski definition) is 0. The molecule has 3 rings (SSSR count). The van der Waals surface area contributed by atoms with Gasteiger partial charge in [0.1, 0.15) is 12.3 Å². The predicted octanol–water partition coefficient (Wildman–Crippen LogP) is 3.32. The van der Waals surface area contributed by atoms with E-state index in [0.29, 0.717) is 18.3 Å². The fraction of sp³-hybridized carbons (Fsp3) is 0.500. The molecule has 2 aromatic rings. The van der Waals surface area contributed by atoms with Crippen LogP contribution in [-0.2, 0) is 16.1 Å². The Morgan fingerprint density at radius 1 is 1.55 bits per heavy atom. The Hall–Kier alpha value is -1.66. The summed E-state index contributed by atoms with van der Waals surface area (Å²) in [4.78, 5) is 15.1. The van der Waals surface area contributed by atoms with Crippen LogP contribution < -0.4 is 0 Å². The first-order chi connectivity index (χ1) is 10.7. The van der Waals surface area contributed by atoms with E-state index in [-0.39, 0.29) is 12.5 Å². The van der Waals surface area contributed by atoms with Gasteiger partial charge in [0, 0.05) is 18.7 Å². The lowest BCUT2D eigenvalue weighted by Crippen LogP contribution is -2.43. The SMILES string of the molecule is C[C@@H]1CCCCN1C(=O)COCc1cc(-c2cccs2)on1. The molecular formula is C16H20N2O3S. The maximum atomic E-state index is 12.1. The van der Waals surface area contributed by atoms with Crippen molar-refractivity contribution in [3.05, 3.63) is 29.3 Å². The fourth-order valence-electron chi connectivity index (χ4n) is 2.71. The number of piperidine rings is 1. The van der Waals surface area contributed by atoms with Gasteiger partial charge in [0.25, 0.3) is 0 Å². The fourth-order valence-corrected chi connectivity index (χ4v) is 3.38. The van der Waals surface area contributed by atoms with Gasteiger partial charge in [-0.15, -0.1) is 11.3 Å². The molecule has 1 aliphatic rings. The Morgan fingerprint density at radius 2 is 2.45 bits per heavy atom. The van der Waals surface area contributed by atoms with E-state index in [2.05, 4.69) is 12.1 Å². The van der Waals surface area contributed by atoms with Crippen LogP contribution in [0.25, 0.3) is 10.6 Å². The van der Waals surface area contributed by atoms with Gasteiger partial charge in [0.2, 0.25) is 5.91 Å². The highest BCUT2D eigenvalue weighted by molar-refractivity contribution is 7.13. The van der Waals surface area contributed by atoms with Crippen LogP contribution in [0.15, 0.2) is 28.1 Å². The summed E-state index contributed by atoms with van der Waals surface area (Å²) in [6.45, 7) is 3.34. The second-order valence-corrected chi connectivity index (χ2v) is 6.53. The summed E-state index contributed by atoms with van der Waals surface area (Å²) in [5.74, 6) is 0.804. The van der Waals surface area contributed by atoms with E-state index in [1.807, 2.05) is 28.5 Å². The first-order valence-corrected chi connectivity index (χ1v) is 8.48. The number of amides is 1. The monoisotopic (exact) mass is 320 g/mol. The van der Waals surface area contributed by atoms with Gasteiger partial charge < -0.3 is 14.2 Å². The third kappa shape index (κ3) is 3.56. The van der Waals surface area contributed by atoms with Crippen molar-refractivity contribution in [3.63, 3.8) is 0 Å². The predicted molar refractivity (Wildman–Crippen MR) is 84.5 cm³/mol. The van der Waals surface area contributed by atoms with Crippen molar-refractivity contribution in [2.45, 2.75) is 38.8 Å². The number of thiophene rings is 1. The van der Waals surface area contributed by atoms with Crippen LogP contribution in [-0.4, -0.2) is 35.2 Å². The molecule has 118 valence electrons. The zero-order chi connectivity index (χ0) is 15.4. The summed E-state index contributed by atoms with van der Waals surface area (Å²) in [6.07, 6.45) is 3.37. The summed E-state index contributed by atoms with van der Waals surface area (Å²) in [6, 6.07) is 6.14. The Bertz CT molecular complexity index is 609. The van der Waals surface area contributed by atoms with Crippen LogP contribution in [0.1, 0.15) is 31.9 Å². The summed E-state index contributed by atoms with van der Waals surface area (Å²) in [5, 5.41) is 5.97. The maximum Gasteiger partial charge on any atom is 0.248 e. The first kappa shape index (κ1) is 15.2. The molecule has 1 aliphatic heterocycles. The van der Waals surface area contributed by atoms with Gasteiger partial charge in [0.15, 0.2) is 5.76 Å². The number of nitrogens with zero attached hydrogens (tertiary/aromatic N) is 2. The molecule has 0 aliphatic carbocycles. The summed E-state index contributed by atoms with van der Waals surface area (Å²) < 4.78 is 10.8. The molecule has 0 N–H and O–H groups in total. The molecule has 22 heavy (non-hydrogen) atoms. The number of carbonyl (C=O) groups excluding carboxylic acids is 1. The normalized spacial score (nSPS) is 18.6. The molecule has 5 nitrogen and oxygen atoms in total. The van der Waals surface area contributed by atoms with E-state index in [0.717, 1.165) is 30.0 Å². The van der Waals surface area contributed by atoms with Crippen LogP contribution in [0.3, 0.4) is 0 Å². The van der Waals surface area contributed by atoms with Crippen molar-refractivity contribution in [3.8, 4) is 10.6 Å². The van der Waals surface area contributed by atoms with Gasteiger partial charge in [-0.1, -0.05) is 11.2 Å². The molecule has 0 saturated carbocycles. The van der Waals surface area contributed by atoms with Gasteiger partial charge in [-0.3, -0.25) is 4.79 Å². The van der Waals surface area contributed by atoms with Crippen molar-refractivity contribution in [1.82, 2.24) is 10.1 Å². The molecule has 3 heterocycles. The minimum absolute atomic E-state index is 0.0641. The number of likely N-dealkylation sites (tertiary alicyclic amines) is 1. The van der Waals surface area contributed by atoms with Gasteiger partial charge in [-0.05, 0) is 37.6 Å². The Kier molecular flexibility index (Phi) is 4.90. The number of aromatic nitrogens is 1. The average molecular weight is 320 g/mol. The number of carbonyl (C=O) groups is 1. The van der Waals surface area contributed by atoms with Crippen molar-refractivity contribution < 1.29 is 14.1 Å². The molecule has 1 amide bonds. The van der Waals surface area contributed by atoms with E-state index in [4.69, 9.17) is 9.26 Å². The number of ether oxygens (including phenoxy) is 1. The molecule has 1 saturated heterocycles.